The minimum Gasteiger partial charge on any atom is -0.384 e. The molecule has 1 saturated heterocycles. The van der Waals surface area contributed by atoms with Crippen molar-refractivity contribution in [2.75, 3.05) is 32.0 Å². The molecule has 0 bridgehead atoms. The van der Waals surface area contributed by atoms with E-state index in [-0.39, 0.29) is 11.5 Å². The smallest absolute Gasteiger partial charge is 0.272 e. The highest BCUT2D eigenvalue weighted by Gasteiger charge is 2.33. The summed E-state index contributed by atoms with van der Waals surface area (Å²) in [7, 11) is 2.14. The van der Waals surface area contributed by atoms with Gasteiger partial charge < -0.3 is 10.2 Å². The van der Waals surface area contributed by atoms with Crippen molar-refractivity contribution in [3.05, 3.63) is 34.0 Å². The number of likely N-dealkylation sites (tertiary alicyclic amines) is 1. The molecule has 5 nitrogen and oxygen atoms in total. The molecule has 0 spiro atoms. The van der Waals surface area contributed by atoms with Crippen LogP contribution in [-0.2, 0) is 0 Å². The van der Waals surface area contributed by atoms with Gasteiger partial charge in [0, 0.05) is 30.1 Å². The number of anilines is 1. The molecule has 2 aliphatic heterocycles. The molecule has 116 valence electrons. The largest absolute Gasteiger partial charge is 0.384 e. The fraction of sp³-hybridized carbons (Fsp3) is 0.500. The lowest BCUT2D eigenvalue weighted by Crippen LogP contribution is -2.38. The van der Waals surface area contributed by atoms with Crippen LogP contribution < -0.4 is 10.9 Å². The molecule has 0 aliphatic carbocycles. The summed E-state index contributed by atoms with van der Waals surface area (Å²) in [6, 6.07) is 2.76. The summed E-state index contributed by atoms with van der Waals surface area (Å²) in [4.78, 5) is 14.3. The second-order valence-corrected chi connectivity index (χ2v) is 6.47. The number of aromatic nitrogens is 2. The second-order valence-electron chi connectivity index (χ2n) is 6.47. The van der Waals surface area contributed by atoms with Crippen molar-refractivity contribution in [2.24, 2.45) is 5.92 Å². The topological polar surface area (TPSA) is 61.0 Å². The first-order valence-electron chi connectivity index (χ1n) is 7.77. The predicted molar refractivity (Wildman–Crippen MR) is 83.8 cm³/mol. The quantitative estimate of drug-likeness (QED) is 0.845. The maximum Gasteiger partial charge on any atom is 0.272 e. The maximum absolute atomic E-state index is 13.7. The van der Waals surface area contributed by atoms with Gasteiger partial charge in [0.05, 0.1) is 11.1 Å². The molecule has 2 atom stereocenters. The predicted octanol–water partition coefficient (Wildman–Crippen LogP) is 1.91. The molecular weight excluding hydrogens is 283 g/mol. The minimum atomic E-state index is -0.395. The first-order valence-corrected chi connectivity index (χ1v) is 7.77. The number of hydrogen-bond donors (Lipinski definition) is 2. The summed E-state index contributed by atoms with van der Waals surface area (Å²) in [5.74, 6) is 0.361. The monoisotopic (exact) mass is 302 g/mol. The third-order valence-electron chi connectivity index (χ3n) is 4.98. The fourth-order valence-corrected chi connectivity index (χ4v) is 3.94. The average molecular weight is 302 g/mol. The van der Waals surface area contributed by atoms with Crippen molar-refractivity contribution in [2.45, 2.75) is 18.8 Å². The number of aromatic amines is 1. The van der Waals surface area contributed by atoms with Crippen molar-refractivity contribution in [1.82, 2.24) is 15.1 Å². The van der Waals surface area contributed by atoms with E-state index in [1.807, 2.05) is 0 Å². The van der Waals surface area contributed by atoms with E-state index in [0.29, 0.717) is 17.0 Å². The van der Waals surface area contributed by atoms with Crippen LogP contribution in [-0.4, -0.2) is 41.8 Å². The molecule has 1 fully saturated rings. The van der Waals surface area contributed by atoms with E-state index in [2.05, 4.69) is 27.5 Å². The van der Waals surface area contributed by atoms with Gasteiger partial charge in [-0.2, -0.15) is 5.10 Å². The standard InChI is InChI=1S/C16H19FN4O/c1-21-4-2-3-9(8-21)12-7-18-13-6-10(17)5-11-14(13)15(12)19-20-16(11)22/h5-6,9,12,18H,2-4,7-8H2,1H3,(H,20,22)/t9-,12+/m0/s1. The third kappa shape index (κ3) is 2.09. The lowest BCUT2D eigenvalue weighted by molar-refractivity contribution is 0.188. The summed E-state index contributed by atoms with van der Waals surface area (Å²) < 4.78 is 13.7. The molecule has 0 saturated carbocycles. The zero-order valence-corrected chi connectivity index (χ0v) is 12.5. The Kier molecular flexibility index (Phi) is 3.14. The second kappa shape index (κ2) is 5.05. The van der Waals surface area contributed by atoms with Crippen LogP contribution in [0.2, 0.25) is 0 Å². The van der Waals surface area contributed by atoms with Crippen LogP contribution in [0.1, 0.15) is 24.5 Å². The Bertz CT molecular complexity index is 788. The molecule has 4 rings (SSSR count). The van der Waals surface area contributed by atoms with Gasteiger partial charge in [-0.1, -0.05) is 0 Å². The molecule has 1 aromatic carbocycles. The Balaban J connectivity index is 1.86. The highest BCUT2D eigenvalue weighted by Crippen LogP contribution is 2.39. The number of nitrogens with zero attached hydrogens (tertiary/aromatic N) is 2. The Morgan fingerprint density at radius 2 is 2.27 bits per heavy atom. The highest BCUT2D eigenvalue weighted by molar-refractivity contribution is 5.96. The Morgan fingerprint density at radius 1 is 1.41 bits per heavy atom. The van der Waals surface area contributed by atoms with Crippen molar-refractivity contribution < 1.29 is 4.39 Å². The van der Waals surface area contributed by atoms with Crippen LogP contribution in [0.5, 0.6) is 0 Å². The number of H-pyrrole nitrogens is 1. The van der Waals surface area contributed by atoms with E-state index in [4.69, 9.17) is 0 Å². The Hall–Kier alpha value is -1.95. The van der Waals surface area contributed by atoms with E-state index in [1.165, 1.54) is 18.6 Å². The summed E-state index contributed by atoms with van der Waals surface area (Å²) in [5.41, 5.74) is 1.26. The van der Waals surface area contributed by atoms with Gasteiger partial charge in [0.15, 0.2) is 0 Å². The van der Waals surface area contributed by atoms with Crippen molar-refractivity contribution in [3.8, 4) is 0 Å². The number of benzene rings is 1. The maximum atomic E-state index is 13.7. The lowest BCUT2D eigenvalue weighted by atomic mass is 9.80. The molecule has 1 aromatic heterocycles. The van der Waals surface area contributed by atoms with Crippen LogP contribution in [0.25, 0.3) is 10.8 Å². The van der Waals surface area contributed by atoms with E-state index in [0.717, 1.165) is 37.1 Å². The van der Waals surface area contributed by atoms with Crippen LogP contribution in [0, 0.1) is 11.7 Å². The summed E-state index contributed by atoms with van der Waals surface area (Å²) in [6.07, 6.45) is 2.34. The van der Waals surface area contributed by atoms with Crippen molar-refractivity contribution in [3.63, 3.8) is 0 Å². The van der Waals surface area contributed by atoms with Gasteiger partial charge in [0.1, 0.15) is 5.82 Å². The number of nitrogens with one attached hydrogen (secondary N) is 2. The van der Waals surface area contributed by atoms with Gasteiger partial charge in [0.25, 0.3) is 5.56 Å². The van der Waals surface area contributed by atoms with Gasteiger partial charge >= 0.3 is 0 Å². The summed E-state index contributed by atoms with van der Waals surface area (Å²) in [6.45, 7) is 2.90. The SMILES string of the molecule is CN1CCC[C@H]([C@H]2CNc3cc(F)cc4c(=O)[nH]nc2c34)C1. The number of rotatable bonds is 1. The van der Waals surface area contributed by atoms with Gasteiger partial charge in [0.2, 0.25) is 0 Å². The molecule has 0 amide bonds. The molecule has 6 heteroatoms. The molecule has 22 heavy (non-hydrogen) atoms. The molecule has 0 radical (unpaired) electrons. The van der Waals surface area contributed by atoms with Crippen molar-refractivity contribution in [1.29, 1.82) is 0 Å². The van der Waals surface area contributed by atoms with Gasteiger partial charge in [-0.25, -0.2) is 9.49 Å². The normalized spacial score (nSPS) is 25.2. The number of piperidine rings is 1. The molecule has 0 unspecified atom stereocenters. The first-order chi connectivity index (χ1) is 10.6. The molecule has 2 N–H and O–H groups in total. The zero-order valence-electron chi connectivity index (χ0n) is 12.5. The van der Waals surface area contributed by atoms with Gasteiger partial charge in [-0.05, 0) is 44.5 Å². The fourth-order valence-electron chi connectivity index (χ4n) is 3.94. The molecule has 3 heterocycles. The Labute approximate surface area is 127 Å². The van der Waals surface area contributed by atoms with Crippen LogP contribution in [0.3, 0.4) is 0 Å². The number of hydrogen-bond acceptors (Lipinski definition) is 4. The average Bonchev–Trinajstić information content (AvgIpc) is 2.50. The minimum absolute atomic E-state index is 0.250. The van der Waals surface area contributed by atoms with Gasteiger partial charge in [-0.3, -0.25) is 4.79 Å². The zero-order chi connectivity index (χ0) is 15.3. The van der Waals surface area contributed by atoms with Crippen molar-refractivity contribution >= 4 is 16.5 Å². The lowest BCUT2D eigenvalue weighted by Gasteiger charge is -2.37. The Morgan fingerprint density at radius 3 is 3.09 bits per heavy atom. The number of halogens is 1. The summed E-state index contributed by atoms with van der Waals surface area (Å²) in [5, 5.41) is 11.4. The highest BCUT2D eigenvalue weighted by atomic mass is 19.1. The summed E-state index contributed by atoms with van der Waals surface area (Å²) >= 11 is 0. The van der Waals surface area contributed by atoms with Crippen LogP contribution in [0.4, 0.5) is 10.1 Å². The first kappa shape index (κ1) is 13.7. The van der Waals surface area contributed by atoms with E-state index in [1.54, 1.807) is 0 Å². The van der Waals surface area contributed by atoms with Gasteiger partial charge in [-0.15, -0.1) is 0 Å². The molecule has 2 aromatic rings. The van der Waals surface area contributed by atoms with E-state index in [9.17, 15) is 9.18 Å². The third-order valence-corrected chi connectivity index (χ3v) is 4.98. The van der Waals surface area contributed by atoms with Crippen LogP contribution in [0.15, 0.2) is 16.9 Å². The van der Waals surface area contributed by atoms with E-state index >= 15 is 0 Å². The van der Waals surface area contributed by atoms with E-state index < -0.39 is 5.82 Å². The molecule has 2 aliphatic rings. The molecular formula is C16H19FN4O. The van der Waals surface area contributed by atoms with Crippen LogP contribution >= 0.6 is 0 Å².